The predicted octanol–water partition coefficient (Wildman–Crippen LogP) is 3.02. The van der Waals surface area contributed by atoms with Gasteiger partial charge in [-0.05, 0) is 42.7 Å². The van der Waals surface area contributed by atoms with E-state index in [1.165, 1.54) is 11.1 Å². The first-order valence-electron chi connectivity index (χ1n) is 7.39. The molecule has 1 aliphatic heterocycles. The van der Waals surface area contributed by atoms with Crippen LogP contribution in [0.15, 0.2) is 48.5 Å². The summed E-state index contributed by atoms with van der Waals surface area (Å²) in [7, 11) is 0. The smallest absolute Gasteiger partial charge is 0.176 e. The van der Waals surface area contributed by atoms with E-state index in [0.717, 1.165) is 24.2 Å². The highest BCUT2D eigenvalue weighted by Crippen LogP contribution is 2.26. The number of ketones is 1. The van der Waals surface area contributed by atoms with Gasteiger partial charge in [0, 0.05) is 23.8 Å². The van der Waals surface area contributed by atoms with Gasteiger partial charge in [-0.2, -0.15) is 0 Å². The molecule has 1 unspecified atom stereocenters. The standard InChI is InChI=1S/C18H20N2O/c1-13-9-16-10-15(7-8-17(16)20-13)18(21)12-19-11-14-5-3-2-4-6-14/h2-8,10,13,19-20H,9,11-12H2,1H3. The van der Waals surface area contributed by atoms with Crippen molar-refractivity contribution in [2.45, 2.75) is 25.9 Å². The average molecular weight is 280 g/mol. The van der Waals surface area contributed by atoms with Gasteiger partial charge in [-0.3, -0.25) is 4.79 Å². The number of anilines is 1. The van der Waals surface area contributed by atoms with E-state index in [1.807, 2.05) is 36.4 Å². The number of rotatable bonds is 5. The zero-order valence-corrected chi connectivity index (χ0v) is 12.2. The molecule has 1 aliphatic rings. The van der Waals surface area contributed by atoms with Crippen molar-refractivity contribution in [1.29, 1.82) is 0 Å². The van der Waals surface area contributed by atoms with Gasteiger partial charge in [0.2, 0.25) is 0 Å². The third-order valence-corrected chi connectivity index (χ3v) is 3.81. The first kappa shape index (κ1) is 13.8. The second-order valence-corrected chi connectivity index (χ2v) is 5.63. The maximum Gasteiger partial charge on any atom is 0.176 e. The van der Waals surface area contributed by atoms with Gasteiger partial charge in [-0.15, -0.1) is 0 Å². The van der Waals surface area contributed by atoms with Gasteiger partial charge < -0.3 is 10.6 Å². The van der Waals surface area contributed by atoms with Crippen molar-refractivity contribution >= 4 is 11.5 Å². The van der Waals surface area contributed by atoms with E-state index in [-0.39, 0.29) is 5.78 Å². The minimum Gasteiger partial charge on any atom is -0.382 e. The third kappa shape index (κ3) is 3.31. The Balaban J connectivity index is 1.58. The molecule has 0 aliphatic carbocycles. The lowest BCUT2D eigenvalue weighted by Crippen LogP contribution is -2.22. The highest BCUT2D eigenvalue weighted by Gasteiger charge is 2.18. The zero-order valence-electron chi connectivity index (χ0n) is 12.2. The van der Waals surface area contributed by atoms with Crippen molar-refractivity contribution in [3.8, 4) is 0 Å². The van der Waals surface area contributed by atoms with Gasteiger partial charge in [-0.1, -0.05) is 30.3 Å². The molecule has 0 saturated heterocycles. The molecule has 3 rings (SSSR count). The zero-order chi connectivity index (χ0) is 14.7. The molecule has 0 spiro atoms. The fourth-order valence-corrected chi connectivity index (χ4v) is 2.74. The van der Waals surface area contributed by atoms with Crippen molar-refractivity contribution in [3.05, 3.63) is 65.2 Å². The maximum atomic E-state index is 12.2. The first-order chi connectivity index (χ1) is 10.2. The molecule has 2 N–H and O–H groups in total. The van der Waals surface area contributed by atoms with Crippen LogP contribution < -0.4 is 10.6 Å². The molecular formula is C18H20N2O. The molecule has 0 saturated carbocycles. The second kappa shape index (κ2) is 6.10. The normalized spacial score (nSPS) is 16.3. The molecule has 2 aromatic carbocycles. The summed E-state index contributed by atoms with van der Waals surface area (Å²) in [4.78, 5) is 12.2. The van der Waals surface area contributed by atoms with Crippen molar-refractivity contribution in [2.75, 3.05) is 11.9 Å². The minimum absolute atomic E-state index is 0.147. The summed E-state index contributed by atoms with van der Waals surface area (Å²) in [5, 5.41) is 6.61. The molecule has 3 heteroatoms. The summed E-state index contributed by atoms with van der Waals surface area (Å²) in [5.41, 5.74) is 4.40. The number of hydrogen-bond donors (Lipinski definition) is 2. The van der Waals surface area contributed by atoms with Gasteiger partial charge in [-0.25, -0.2) is 0 Å². The molecule has 0 bridgehead atoms. The van der Waals surface area contributed by atoms with Gasteiger partial charge in [0.25, 0.3) is 0 Å². The van der Waals surface area contributed by atoms with Crippen molar-refractivity contribution < 1.29 is 4.79 Å². The Bertz CT molecular complexity index is 637. The predicted molar refractivity (Wildman–Crippen MR) is 85.7 cm³/mol. The second-order valence-electron chi connectivity index (χ2n) is 5.63. The fraction of sp³-hybridized carbons (Fsp3) is 0.278. The molecule has 0 aromatic heterocycles. The largest absolute Gasteiger partial charge is 0.382 e. The Morgan fingerprint density at radius 1 is 1.24 bits per heavy atom. The van der Waals surface area contributed by atoms with Crippen LogP contribution in [0.2, 0.25) is 0 Å². The maximum absolute atomic E-state index is 12.2. The quantitative estimate of drug-likeness (QED) is 0.827. The fourth-order valence-electron chi connectivity index (χ4n) is 2.74. The molecule has 0 fully saturated rings. The first-order valence-corrected chi connectivity index (χ1v) is 7.39. The van der Waals surface area contributed by atoms with Gasteiger partial charge >= 0.3 is 0 Å². The van der Waals surface area contributed by atoms with Crippen molar-refractivity contribution in [2.24, 2.45) is 0 Å². The Morgan fingerprint density at radius 3 is 2.86 bits per heavy atom. The van der Waals surface area contributed by atoms with Crippen LogP contribution in [0.3, 0.4) is 0 Å². The lowest BCUT2D eigenvalue weighted by atomic mass is 10.0. The number of fused-ring (bicyclic) bond motifs is 1. The number of hydrogen-bond acceptors (Lipinski definition) is 3. The number of benzene rings is 2. The highest BCUT2D eigenvalue weighted by molar-refractivity contribution is 5.98. The number of carbonyl (C=O) groups is 1. The SMILES string of the molecule is CC1Cc2cc(C(=O)CNCc3ccccc3)ccc2N1. The molecule has 2 aromatic rings. The Morgan fingerprint density at radius 2 is 2.05 bits per heavy atom. The lowest BCUT2D eigenvalue weighted by molar-refractivity contribution is 0.0990. The van der Waals surface area contributed by atoms with Crippen LogP contribution in [0.4, 0.5) is 5.69 Å². The highest BCUT2D eigenvalue weighted by atomic mass is 16.1. The topological polar surface area (TPSA) is 41.1 Å². The van der Waals surface area contributed by atoms with Crippen molar-refractivity contribution in [1.82, 2.24) is 5.32 Å². The van der Waals surface area contributed by atoms with E-state index in [4.69, 9.17) is 0 Å². The van der Waals surface area contributed by atoms with E-state index >= 15 is 0 Å². The number of nitrogens with one attached hydrogen (secondary N) is 2. The Labute approximate surface area is 125 Å². The van der Waals surface area contributed by atoms with Crippen LogP contribution in [0, 0.1) is 0 Å². The summed E-state index contributed by atoms with van der Waals surface area (Å²) in [6.07, 6.45) is 0.994. The molecule has 108 valence electrons. The summed E-state index contributed by atoms with van der Waals surface area (Å²) in [6.45, 7) is 3.25. The number of Topliss-reactive ketones (excluding diaryl/α,β-unsaturated/α-hetero) is 1. The van der Waals surface area contributed by atoms with Gasteiger partial charge in [0.15, 0.2) is 5.78 Å². The molecule has 21 heavy (non-hydrogen) atoms. The molecular weight excluding hydrogens is 260 g/mol. The summed E-state index contributed by atoms with van der Waals surface area (Å²) in [5.74, 6) is 0.147. The van der Waals surface area contributed by atoms with Crippen LogP contribution in [0.25, 0.3) is 0 Å². The van der Waals surface area contributed by atoms with Gasteiger partial charge in [0.1, 0.15) is 0 Å². The Hall–Kier alpha value is -2.13. The van der Waals surface area contributed by atoms with E-state index in [2.05, 4.69) is 29.7 Å². The van der Waals surface area contributed by atoms with Crippen LogP contribution >= 0.6 is 0 Å². The average Bonchev–Trinajstić information content (AvgIpc) is 2.87. The lowest BCUT2D eigenvalue weighted by Gasteiger charge is -2.06. The minimum atomic E-state index is 0.147. The molecule has 0 amide bonds. The van der Waals surface area contributed by atoms with Crippen molar-refractivity contribution in [3.63, 3.8) is 0 Å². The Kier molecular flexibility index (Phi) is 4.02. The molecule has 1 atom stereocenters. The van der Waals surface area contributed by atoms with Crippen LogP contribution in [0.5, 0.6) is 0 Å². The van der Waals surface area contributed by atoms with Crippen LogP contribution in [0.1, 0.15) is 28.4 Å². The van der Waals surface area contributed by atoms with Crippen LogP contribution in [-0.2, 0) is 13.0 Å². The molecule has 0 radical (unpaired) electrons. The number of carbonyl (C=O) groups excluding carboxylic acids is 1. The monoisotopic (exact) mass is 280 g/mol. The summed E-state index contributed by atoms with van der Waals surface area (Å²) in [6, 6.07) is 16.5. The molecule has 3 nitrogen and oxygen atoms in total. The summed E-state index contributed by atoms with van der Waals surface area (Å²) >= 11 is 0. The van der Waals surface area contributed by atoms with E-state index < -0.39 is 0 Å². The van der Waals surface area contributed by atoms with E-state index in [1.54, 1.807) is 0 Å². The molecule has 1 heterocycles. The van der Waals surface area contributed by atoms with E-state index in [9.17, 15) is 4.79 Å². The van der Waals surface area contributed by atoms with Crippen LogP contribution in [-0.4, -0.2) is 18.4 Å². The van der Waals surface area contributed by atoms with E-state index in [0.29, 0.717) is 12.6 Å². The summed E-state index contributed by atoms with van der Waals surface area (Å²) < 4.78 is 0. The third-order valence-electron chi connectivity index (χ3n) is 3.81. The van der Waals surface area contributed by atoms with Gasteiger partial charge in [0.05, 0.1) is 6.54 Å².